The number of rotatable bonds is 10. The molecular weight excluding hydrogens is 572 g/mol. The number of benzene rings is 5. The molecule has 1 atom stereocenters. The number of nitro groups is 2. The molecule has 6 rings (SSSR count). The first-order valence-corrected chi connectivity index (χ1v) is 14.3. The van der Waals surface area contributed by atoms with Crippen LogP contribution in [-0.4, -0.2) is 20.7 Å². The zero-order chi connectivity index (χ0) is 31.3. The molecule has 45 heavy (non-hydrogen) atoms. The zero-order valence-corrected chi connectivity index (χ0v) is 24.1. The van der Waals surface area contributed by atoms with Gasteiger partial charge in [-0.2, -0.15) is 0 Å². The van der Waals surface area contributed by atoms with Crippen LogP contribution < -0.4 is 9.64 Å². The lowest BCUT2D eigenvalue weighted by molar-refractivity contribution is -0.385. The van der Waals surface area contributed by atoms with Crippen LogP contribution in [0.5, 0.6) is 5.75 Å². The van der Waals surface area contributed by atoms with Gasteiger partial charge in [-0.25, -0.2) is 0 Å². The van der Waals surface area contributed by atoms with Gasteiger partial charge >= 0.3 is 0 Å². The summed E-state index contributed by atoms with van der Waals surface area (Å²) >= 11 is 0. The van der Waals surface area contributed by atoms with E-state index in [-0.39, 0.29) is 36.0 Å². The number of carbonyl (C=O) groups is 1. The number of amides is 1. The van der Waals surface area contributed by atoms with Crippen molar-refractivity contribution in [2.45, 2.75) is 25.9 Å². The van der Waals surface area contributed by atoms with E-state index in [4.69, 9.17) is 4.74 Å². The van der Waals surface area contributed by atoms with Gasteiger partial charge in [0.15, 0.2) is 0 Å². The summed E-state index contributed by atoms with van der Waals surface area (Å²) in [6, 6.07) is 37.6. The molecule has 0 fully saturated rings. The van der Waals surface area contributed by atoms with Crippen LogP contribution in [0.4, 0.5) is 17.1 Å². The Morgan fingerprint density at radius 3 is 1.76 bits per heavy atom. The summed E-state index contributed by atoms with van der Waals surface area (Å²) in [4.78, 5) is 39.7. The molecule has 5 aromatic rings. The monoisotopic (exact) mass is 600 g/mol. The Kier molecular flexibility index (Phi) is 8.19. The van der Waals surface area contributed by atoms with Crippen molar-refractivity contribution in [2.24, 2.45) is 0 Å². The number of nitro benzene ring substituents is 2. The van der Waals surface area contributed by atoms with E-state index in [0.29, 0.717) is 18.0 Å². The highest BCUT2D eigenvalue weighted by molar-refractivity contribution is 6.02. The van der Waals surface area contributed by atoms with Crippen LogP contribution in [0.1, 0.15) is 38.8 Å². The minimum Gasteiger partial charge on any atom is -0.489 e. The van der Waals surface area contributed by atoms with Crippen LogP contribution in [-0.2, 0) is 19.7 Å². The van der Waals surface area contributed by atoms with E-state index in [9.17, 15) is 25.0 Å². The molecule has 10 heteroatoms. The maximum absolute atomic E-state index is 14.2. The van der Waals surface area contributed by atoms with E-state index in [1.807, 2.05) is 84.9 Å². The third-order valence-electron chi connectivity index (χ3n) is 7.70. The summed E-state index contributed by atoms with van der Waals surface area (Å²) in [6.45, 7) is 0.967. The second-order valence-electron chi connectivity index (χ2n) is 10.6. The second kappa shape index (κ2) is 12.7. The summed E-state index contributed by atoms with van der Waals surface area (Å²) in [6.07, 6.45) is -0.532. The Balaban J connectivity index is 1.37. The molecule has 0 saturated heterocycles. The third-order valence-corrected chi connectivity index (χ3v) is 7.70. The molecule has 224 valence electrons. The van der Waals surface area contributed by atoms with Crippen molar-refractivity contribution >= 4 is 23.0 Å². The molecule has 1 amide bonds. The Morgan fingerprint density at radius 1 is 0.622 bits per heavy atom. The fraction of sp³-hybridized carbons (Fsp3) is 0.114. The van der Waals surface area contributed by atoms with E-state index in [2.05, 4.69) is 4.90 Å². The van der Waals surface area contributed by atoms with Crippen LogP contribution in [0.25, 0.3) is 0 Å². The van der Waals surface area contributed by atoms with Crippen LogP contribution >= 0.6 is 0 Å². The number of non-ortho nitro benzene ring substituents is 2. The number of ether oxygens (including phenoxy) is 1. The minimum absolute atomic E-state index is 0.0152. The van der Waals surface area contributed by atoms with Crippen LogP contribution in [0, 0.1) is 20.2 Å². The first kappa shape index (κ1) is 29.1. The van der Waals surface area contributed by atoms with Crippen LogP contribution in [0.2, 0.25) is 0 Å². The topological polar surface area (TPSA) is 119 Å². The largest absolute Gasteiger partial charge is 0.489 e. The smallest absolute Gasteiger partial charge is 0.270 e. The maximum Gasteiger partial charge on any atom is 0.270 e. The summed E-state index contributed by atoms with van der Waals surface area (Å²) in [5, 5.41) is 22.6. The number of fused-ring (bicyclic) bond motifs is 1. The van der Waals surface area contributed by atoms with Crippen molar-refractivity contribution < 1.29 is 19.4 Å². The number of anilines is 1. The van der Waals surface area contributed by atoms with Crippen molar-refractivity contribution in [1.29, 1.82) is 0 Å². The number of hydrogen-bond acceptors (Lipinski definition) is 7. The summed E-state index contributed by atoms with van der Waals surface area (Å²) < 4.78 is 5.96. The normalized spacial score (nSPS) is 14.1. The third kappa shape index (κ3) is 6.35. The summed E-state index contributed by atoms with van der Waals surface area (Å²) in [5.74, 6) is 0.296. The van der Waals surface area contributed by atoms with E-state index >= 15 is 0 Å². The molecule has 0 saturated carbocycles. The SMILES string of the molecule is O=C1c2cc([N+](=O)[O-])ccc2N(Cc2ccccc2)[C@@H](c2ccc(OCc3ccc([N+](=O)[O-])cc3)cc2)N1Cc1ccccc1. The molecule has 0 bridgehead atoms. The lowest BCUT2D eigenvalue weighted by Gasteiger charge is -2.46. The zero-order valence-electron chi connectivity index (χ0n) is 24.1. The molecule has 0 unspecified atom stereocenters. The van der Waals surface area contributed by atoms with Crippen molar-refractivity contribution in [3.8, 4) is 5.75 Å². The van der Waals surface area contributed by atoms with Crippen molar-refractivity contribution in [2.75, 3.05) is 4.90 Å². The van der Waals surface area contributed by atoms with Crippen molar-refractivity contribution in [1.82, 2.24) is 4.90 Å². The molecule has 1 aliphatic heterocycles. The average Bonchev–Trinajstić information content (AvgIpc) is 3.07. The molecule has 10 nitrogen and oxygen atoms in total. The highest BCUT2D eigenvalue weighted by Crippen LogP contribution is 2.42. The van der Waals surface area contributed by atoms with E-state index in [1.54, 1.807) is 23.1 Å². The summed E-state index contributed by atoms with van der Waals surface area (Å²) in [7, 11) is 0. The molecule has 0 N–H and O–H groups in total. The van der Waals surface area contributed by atoms with Gasteiger partial charge in [0.2, 0.25) is 0 Å². The quantitative estimate of drug-likeness (QED) is 0.121. The van der Waals surface area contributed by atoms with Gasteiger partial charge in [0.1, 0.15) is 18.5 Å². The lowest BCUT2D eigenvalue weighted by atomic mass is 9.98. The highest BCUT2D eigenvalue weighted by atomic mass is 16.6. The maximum atomic E-state index is 14.2. The molecule has 0 radical (unpaired) electrons. The van der Waals surface area contributed by atoms with E-state index in [1.165, 1.54) is 24.3 Å². The Hall–Kier alpha value is -6.03. The van der Waals surface area contributed by atoms with Gasteiger partial charge in [0, 0.05) is 37.4 Å². The fourth-order valence-electron chi connectivity index (χ4n) is 5.49. The van der Waals surface area contributed by atoms with Crippen LogP contribution in [0.15, 0.2) is 127 Å². The molecule has 0 aromatic heterocycles. The molecular formula is C35H28N4O6. The number of nitrogens with zero attached hydrogens (tertiary/aromatic N) is 4. The van der Waals surface area contributed by atoms with Gasteiger partial charge in [-0.3, -0.25) is 25.0 Å². The molecule has 0 aliphatic carbocycles. The summed E-state index contributed by atoms with van der Waals surface area (Å²) in [5.41, 5.74) is 4.32. The van der Waals surface area contributed by atoms with Crippen LogP contribution in [0.3, 0.4) is 0 Å². The predicted molar refractivity (Wildman–Crippen MR) is 169 cm³/mol. The van der Waals surface area contributed by atoms with E-state index in [0.717, 1.165) is 22.3 Å². The van der Waals surface area contributed by atoms with Gasteiger partial charge in [-0.05, 0) is 52.6 Å². The van der Waals surface area contributed by atoms with Crippen molar-refractivity contribution in [3.05, 3.63) is 175 Å². The highest BCUT2D eigenvalue weighted by Gasteiger charge is 2.39. The Bertz CT molecular complexity index is 1830. The van der Waals surface area contributed by atoms with Crippen molar-refractivity contribution in [3.63, 3.8) is 0 Å². The van der Waals surface area contributed by atoms with Gasteiger partial charge < -0.3 is 14.5 Å². The van der Waals surface area contributed by atoms with Gasteiger partial charge in [0.25, 0.3) is 17.3 Å². The number of carbonyl (C=O) groups excluding carboxylic acids is 1. The standard InChI is InChI=1S/C35H28N4O6/c40-35-32-21-30(39(43)44)17-20-33(32)36(22-25-7-3-1-4-8-25)34(37(35)23-26-9-5-2-6-10-26)28-13-18-31(19-14-28)45-24-27-11-15-29(16-12-27)38(41)42/h1-21,34H,22-24H2/t34-/m1/s1. The average molecular weight is 601 g/mol. The van der Waals surface area contributed by atoms with Gasteiger partial charge in [0.05, 0.1) is 21.1 Å². The van der Waals surface area contributed by atoms with E-state index < -0.39 is 16.0 Å². The fourth-order valence-corrected chi connectivity index (χ4v) is 5.49. The first-order chi connectivity index (χ1) is 21.9. The molecule has 0 spiro atoms. The Labute approximate surface area is 259 Å². The Morgan fingerprint density at radius 2 is 1.18 bits per heavy atom. The lowest BCUT2D eigenvalue weighted by Crippen LogP contribution is -2.48. The van der Waals surface area contributed by atoms with Gasteiger partial charge in [-0.15, -0.1) is 0 Å². The first-order valence-electron chi connectivity index (χ1n) is 14.3. The molecule has 5 aromatic carbocycles. The molecule has 1 heterocycles. The predicted octanol–water partition coefficient (Wildman–Crippen LogP) is 7.44. The second-order valence-corrected chi connectivity index (χ2v) is 10.6. The number of hydrogen-bond donors (Lipinski definition) is 0. The molecule has 1 aliphatic rings. The van der Waals surface area contributed by atoms with Gasteiger partial charge in [-0.1, -0.05) is 72.8 Å². The minimum atomic E-state index is -0.532.